The van der Waals surface area contributed by atoms with Gasteiger partial charge in [-0.2, -0.15) is 0 Å². The third-order valence-corrected chi connectivity index (χ3v) is 13.0. The van der Waals surface area contributed by atoms with Crippen LogP contribution in [0.4, 0.5) is 28.4 Å². The van der Waals surface area contributed by atoms with Crippen molar-refractivity contribution in [2.24, 2.45) is 0 Å². The lowest BCUT2D eigenvalue weighted by atomic mass is 9.64. The average molecular weight is 699 g/mol. The number of hydrogen-bond donors (Lipinski definition) is 0. The molecule has 10 rings (SSSR count). The van der Waals surface area contributed by atoms with E-state index in [2.05, 4.69) is 206 Å². The molecule has 54 heavy (non-hydrogen) atoms. The summed E-state index contributed by atoms with van der Waals surface area (Å²) in [6.45, 7) is 7.25. The van der Waals surface area contributed by atoms with E-state index < -0.39 is 0 Å². The summed E-state index contributed by atoms with van der Waals surface area (Å²) in [6.07, 6.45) is 3.46. The summed E-state index contributed by atoms with van der Waals surface area (Å²) in [5.41, 5.74) is 17.2. The third-order valence-electron chi connectivity index (χ3n) is 13.0. The molecule has 3 atom stereocenters. The molecular formula is C52H46N2. The molecule has 0 amide bonds. The van der Waals surface area contributed by atoms with Crippen molar-refractivity contribution in [3.8, 4) is 22.3 Å². The van der Waals surface area contributed by atoms with Gasteiger partial charge in [0.2, 0.25) is 0 Å². The Morgan fingerprint density at radius 2 is 1.09 bits per heavy atom. The molecule has 0 spiro atoms. The number of benzene rings is 7. The largest absolute Gasteiger partial charge is 0.337 e. The van der Waals surface area contributed by atoms with Gasteiger partial charge in [0.25, 0.3) is 0 Å². The van der Waals surface area contributed by atoms with E-state index in [9.17, 15) is 0 Å². The van der Waals surface area contributed by atoms with Gasteiger partial charge in [-0.15, -0.1) is 0 Å². The highest BCUT2D eigenvalue weighted by Gasteiger charge is 2.51. The molecule has 2 aliphatic carbocycles. The van der Waals surface area contributed by atoms with Crippen LogP contribution in [0, 0.1) is 0 Å². The number of fused-ring (bicyclic) bond motifs is 6. The predicted molar refractivity (Wildman–Crippen MR) is 227 cm³/mol. The highest BCUT2D eigenvalue weighted by atomic mass is 15.2. The Labute approximate surface area is 320 Å². The smallest absolute Gasteiger partial charge is 0.0465 e. The lowest BCUT2D eigenvalue weighted by Crippen LogP contribution is -2.45. The highest BCUT2D eigenvalue weighted by Crippen LogP contribution is 2.57. The molecule has 7 aromatic carbocycles. The zero-order chi connectivity index (χ0) is 36.4. The van der Waals surface area contributed by atoms with Crippen LogP contribution in [0.5, 0.6) is 0 Å². The van der Waals surface area contributed by atoms with Gasteiger partial charge in [-0.1, -0.05) is 142 Å². The number of rotatable bonds is 6. The molecule has 1 aliphatic heterocycles. The second-order valence-corrected chi connectivity index (χ2v) is 16.4. The van der Waals surface area contributed by atoms with Crippen LogP contribution in [0.25, 0.3) is 22.3 Å². The zero-order valence-corrected chi connectivity index (χ0v) is 31.4. The summed E-state index contributed by atoms with van der Waals surface area (Å²) in [7, 11) is 0. The van der Waals surface area contributed by atoms with Crippen molar-refractivity contribution in [3.63, 3.8) is 0 Å². The van der Waals surface area contributed by atoms with Crippen LogP contribution < -0.4 is 9.80 Å². The minimum Gasteiger partial charge on any atom is -0.337 e. The van der Waals surface area contributed by atoms with Gasteiger partial charge >= 0.3 is 0 Å². The van der Waals surface area contributed by atoms with Gasteiger partial charge in [0.05, 0.1) is 0 Å². The lowest BCUT2D eigenvalue weighted by Gasteiger charge is -2.44. The van der Waals surface area contributed by atoms with Crippen LogP contribution in [0.1, 0.15) is 68.2 Å². The molecule has 0 bridgehead atoms. The molecule has 3 aliphatic rings. The third kappa shape index (κ3) is 5.15. The molecule has 0 saturated heterocycles. The van der Waals surface area contributed by atoms with E-state index in [1.54, 1.807) is 0 Å². The van der Waals surface area contributed by atoms with Crippen molar-refractivity contribution < 1.29 is 0 Å². The molecule has 2 heteroatoms. The first-order chi connectivity index (χ1) is 26.4. The Balaban J connectivity index is 0.953. The van der Waals surface area contributed by atoms with Gasteiger partial charge in [0.1, 0.15) is 0 Å². The topological polar surface area (TPSA) is 6.48 Å². The molecule has 7 aromatic rings. The van der Waals surface area contributed by atoms with Gasteiger partial charge in [-0.3, -0.25) is 0 Å². The molecular weight excluding hydrogens is 653 g/mol. The van der Waals surface area contributed by atoms with E-state index in [0.29, 0.717) is 12.0 Å². The van der Waals surface area contributed by atoms with Gasteiger partial charge in [0.15, 0.2) is 0 Å². The minimum absolute atomic E-state index is 0.0524. The first-order valence-electron chi connectivity index (χ1n) is 19.6. The summed E-state index contributed by atoms with van der Waals surface area (Å²) >= 11 is 0. The summed E-state index contributed by atoms with van der Waals surface area (Å²) in [5, 5.41) is 0. The van der Waals surface area contributed by atoms with Gasteiger partial charge in [-0.05, 0) is 124 Å². The fourth-order valence-corrected chi connectivity index (χ4v) is 10.3. The van der Waals surface area contributed by atoms with Crippen LogP contribution in [-0.4, -0.2) is 6.04 Å². The Hall–Kier alpha value is -5.86. The molecule has 0 N–H and O–H groups in total. The Morgan fingerprint density at radius 1 is 0.500 bits per heavy atom. The van der Waals surface area contributed by atoms with Crippen LogP contribution in [0.15, 0.2) is 176 Å². The van der Waals surface area contributed by atoms with Gasteiger partial charge in [0, 0.05) is 45.3 Å². The predicted octanol–water partition coefficient (Wildman–Crippen LogP) is 13.9. The van der Waals surface area contributed by atoms with Gasteiger partial charge < -0.3 is 9.80 Å². The average Bonchev–Trinajstić information content (AvgIpc) is 3.62. The maximum absolute atomic E-state index is 2.65. The maximum Gasteiger partial charge on any atom is 0.0465 e. The fraction of sp³-hybridized carbons (Fsp3) is 0.192. The second-order valence-electron chi connectivity index (χ2n) is 16.4. The molecule has 3 unspecified atom stereocenters. The maximum atomic E-state index is 2.65. The standard InChI is InChI=1S/C52H46N2/c1-51(2)46-19-11-10-18-44(46)45-32-31-43(34-48(45)51)53(40-16-8-5-9-17-40)41-27-24-38(25-28-41)39-26-33-50-52(3,35-39)47-20-12-13-21-49(47)54(50)42-29-22-37(23-30-42)36-14-6-4-7-15-36/h4-25,27-32,34,39,50H,26,33,35H2,1-3H3. The van der Waals surface area contributed by atoms with Crippen molar-refractivity contribution in [2.45, 2.75) is 62.8 Å². The van der Waals surface area contributed by atoms with Crippen LogP contribution in [-0.2, 0) is 10.8 Å². The van der Waals surface area contributed by atoms with Gasteiger partial charge in [-0.25, -0.2) is 0 Å². The normalized spacial score (nSPS) is 20.5. The number of anilines is 5. The highest BCUT2D eigenvalue weighted by molar-refractivity contribution is 5.85. The summed E-state index contributed by atoms with van der Waals surface area (Å²) in [5.74, 6) is 0.498. The molecule has 2 nitrogen and oxygen atoms in total. The van der Waals surface area contributed by atoms with E-state index in [0.717, 1.165) is 12.8 Å². The molecule has 264 valence electrons. The van der Waals surface area contributed by atoms with Crippen molar-refractivity contribution in [1.82, 2.24) is 0 Å². The second kappa shape index (κ2) is 12.6. The summed E-state index contributed by atoms with van der Waals surface area (Å²) in [6, 6.07) is 65.9. The van der Waals surface area contributed by atoms with Crippen molar-refractivity contribution in [1.29, 1.82) is 0 Å². The molecule has 0 aromatic heterocycles. The van der Waals surface area contributed by atoms with Crippen molar-refractivity contribution >= 4 is 28.4 Å². The SMILES string of the molecule is CC1(C)c2ccccc2-c2ccc(N(c3ccccc3)c3ccc(C4CCC5N(c6ccc(-c7ccccc7)cc6)c6ccccc6C5(C)C4)cc3)cc21. The van der Waals surface area contributed by atoms with E-state index >= 15 is 0 Å². The number of hydrogen-bond acceptors (Lipinski definition) is 2. The Bertz CT molecular complexity index is 2460. The van der Waals surface area contributed by atoms with Crippen LogP contribution in [0.2, 0.25) is 0 Å². The number of nitrogens with zero attached hydrogens (tertiary/aromatic N) is 2. The first-order valence-corrected chi connectivity index (χ1v) is 19.6. The minimum atomic E-state index is -0.0524. The number of para-hydroxylation sites is 2. The molecule has 1 heterocycles. The lowest BCUT2D eigenvalue weighted by molar-refractivity contribution is 0.261. The van der Waals surface area contributed by atoms with Crippen LogP contribution >= 0.6 is 0 Å². The van der Waals surface area contributed by atoms with Crippen molar-refractivity contribution in [2.75, 3.05) is 9.80 Å². The quantitative estimate of drug-likeness (QED) is 0.171. The van der Waals surface area contributed by atoms with E-state index in [1.807, 2.05) is 0 Å². The Morgan fingerprint density at radius 3 is 1.85 bits per heavy atom. The Kier molecular flexibility index (Phi) is 7.66. The monoisotopic (exact) mass is 698 g/mol. The summed E-state index contributed by atoms with van der Waals surface area (Å²) in [4.78, 5) is 5.08. The van der Waals surface area contributed by atoms with E-state index in [-0.39, 0.29) is 10.8 Å². The molecule has 1 fully saturated rings. The fourth-order valence-electron chi connectivity index (χ4n) is 10.3. The van der Waals surface area contributed by atoms with E-state index in [4.69, 9.17) is 0 Å². The van der Waals surface area contributed by atoms with E-state index in [1.165, 1.54) is 79.4 Å². The zero-order valence-electron chi connectivity index (χ0n) is 31.4. The molecule has 0 radical (unpaired) electrons. The van der Waals surface area contributed by atoms with Crippen molar-refractivity contribution in [3.05, 3.63) is 198 Å². The van der Waals surface area contributed by atoms with Crippen LogP contribution in [0.3, 0.4) is 0 Å². The molecule has 1 saturated carbocycles. The summed E-state index contributed by atoms with van der Waals surface area (Å²) < 4.78 is 0. The first kappa shape index (κ1) is 32.8.